The molecule has 0 spiro atoms. The minimum absolute atomic E-state index is 0.173. The molecule has 0 amide bonds. The molecule has 0 radical (unpaired) electrons. The highest BCUT2D eigenvalue weighted by molar-refractivity contribution is 7.47. The molecular weight excluding hydrogens is 794 g/mol. The lowest BCUT2D eigenvalue weighted by molar-refractivity contribution is -0.148. The minimum Gasteiger partial charge on any atom is -0.463 e. The topological polar surface area (TPSA) is 225 Å². The Hall–Kier alpha value is -1.74. The van der Waals surface area contributed by atoms with Crippen molar-refractivity contribution < 1.29 is 71.4 Å². The van der Waals surface area contributed by atoms with E-state index in [1.807, 2.05) is 24.3 Å². The van der Waals surface area contributed by atoms with Gasteiger partial charge in [-0.3, -0.25) is 27.7 Å². The van der Waals surface area contributed by atoms with Gasteiger partial charge < -0.3 is 34.6 Å². The van der Waals surface area contributed by atoms with Crippen LogP contribution in [-0.4, -0.2) is 95.0 Å². The van der Waals surface area contributed by atoms with Gasteiger partial charge >= 0.3 is 27.6 Å². The predicted molar refractivity (Wildman–Crippen MR) is 224 cm³/mol. The fourth-order valence-electron chi connectivity index (χ4n) is 5.33. The summed E-state index contributed by atoms with van der Waals surface area (Å²) in [5.74, 6) is -1.01. The van der Waals surface area contributed by atoms with Gasteiger partial charge in [0, 0.05) is 12.8 Å². The molecule has 0 heterocycles. The summed E-state index contributed by atoms with van der Waals surface area (Å²) in [4.78, 5) is 43.6. The first-order chi connectivity index (χ1) is 27.8. The van der Waals surface area contributed by atoms with Crippen molar-refractivity contribution in [1.82, 2.24) is 0 Å². The number of ether oxygens (including phenoxy) is 2. The first-order valence-corrected chi connectivity index (χ1v) is 24.4. The van der Waals surface area contributed by atoms with Crippen LogP contribution in [0.2, 0.25) is 0 Å². The second kappa shape index (κ2) is 38.2. The average Bonchev–Trinajstić information content (AvgIpc) is 3.19. The summed E-state index contributed by atoms with van der Waals surface area (Å²) in [5, 5.41) is 29.9. The number of phosphoric acid groups is 2. The van der Waals surface area contributed by atoms with E-state index < -0.39 is 85.5 Å². The number of hydrogen-bond donors (Lipinski definition) is 5. The van der Waals surface area contributed by atoms with Crippen molar-refractivity contribution in [3.8, 4) is 0 Å². The van der Waals surface area contributed by atoms with E-state index in [1.165, 1.54) is 57.8 Å². The molecule has 0 bridgehead atoms. The van der Waals surface area contributed by atoms with Crippen molar-refractivity contribution >= 4 is 27.6 Å². The highest BCUT2D eigenvalue weighted by Crippen LogP contribution is 2.45. The predicted octanol–water partition coefficient (Wildman–Crippen LogP) is 8.71. The lowest BCUT2D eigenvalue weighted by Gasteiger charge is -2.19. The van der Waals surface area contributed by atoms with Gasteiger partial charge in [-0.25, -0.2) is 9.13 Å². The summed E-state index contributed by atoms with van der Waals surface area (Å²) in [5.41, 5.74) is 0. The van der Waals surface area contributed by atoms with E-state index in [4.69, 9.17) is 9.47 Å². The second-order valence-corrected chi connectivity index (χ2v) is 17.3. The molecule has 5 atom stereocenters. The second-order valence-electron chi connectivity index (χ2n) is 14.4. The van der Waals surface area contributed by atoms with Crippen LogP contribution in [0.25, 0.3) is 0 Å². The molecule has 0 aromatic rings. The van der Waals surface area contributed by atoms with Crippen LogP contribution >= 0.6 is 15.6 Å². The number of hydrogen-bond acceptors (Lipinski definition) is 13. The van der Waals surface area contributed by atoms with Crippen LogP contribution in [-0.2, 0) is 46.3 Å². The summed E-state index contributed by atoms with van der Waals surface area (Å²) >= 11 is 0. The van der Waals surface area contributed by atoms with Crippen molar-refractivity contribution in [1.29, 1.82) is 0 Å². The van der Waals surface area contributed by atoms with Gasteiger partial charge in [-0.1, -0.05) is 147 Å². The molecule has 0 aliphatic rings. The molecule has 0 aromatic heterocycles. The zero-order chi connectivity index (χ0) is 43.2. The lowest BCUT2D eigenvalue weighted by Crippen LogP contribution is -2.25. The van der Waals surface area contributed by atoms with Crippen LogP contribution in [0.1, 0.15) is 155 Å². The number of aliphatic hydroxyl groups is 3. The maximum Gasteiger partial charge on any atom is 0.472 e. The molecule has 17 heteroatoms. The maximum atomic E-state index is 12.1. The Kier molecular flexibility index (Phi) is 37.1. The van der Waals surface area contributed by atoms with Crippen molar-refractivity contribution in [3.05, 3.63) is 36.5 Å². The van der Waals surface area contributed by atoms with E-state index in [-0.39, 0.29) is 12.8 Å². The third-order valence-corrected chi connectivity index (χ3v) is 10.6. The molecule has 0 saturated heterocycles. The Labute approximate surface area is 347 Å². The van der Waals surface area contributed by atoms with E-state index in [0.717, 1.165) is 57.8 Å². The van der Waals surface area contributed by atoms with Crippen molar-refractivity contribution in [3.63, 3.8) is 0 Å². The average molecular weight is 871 g/mol. The number of phosphoric ester groups is 2. The fraction of sp³-hybridized carbons (Fsp3) is 0.805. The number of carbonyl (C=O) groups excluding carboxylic acids is 2. The van der Waals surface area contributed by atoms with Crippen LogP contribution in [0.5, 0.6) is 0 Å². The number of unbranched alkanes of at least 4 members (excludes halogenated alkanes) is 17. The number of allylic oxidation sites excluding steroid dienone is 6. The van der Waals surface area contributed by atoms with E-state index in [1.54, 1.807) is 0 Å². The van der Waals surface area contributed by atoms with Crippen LogP contribution in [0.15, 0.2) is 36.5 Å². The first kappa shape index (κ1) is 56.3. The van der Waals surface area contributed by atoms with E-state index in [2.05, 4.69) is 44.1 Å². The van der Waals surface area contributed by atoms with Crippen LogP contribution < -0.4 is 0 Å². The molecular formula is C41H76O15P2. The quantitative estimate of drug-likeness (QED) is 0.0168. The fourth-order valence-corrected chi connectivity index (χ4v) is 6.92. The van der Waals surface area contributed by atoms with Gasteiger partial charge in [-0.05, 0) is 32.1 Å². The molecule has 5 unspecified atom stereocenters. The lowest BCUT2D eigenvalue weighted by atomic mass is 10.0. The molecule has 0 aromatic carbocycles. The van der Waals surface area contributed by atoms with Crippen LogP contribution in [0.4, 0.5) is 0 Å². The molecule has 0 fully saturated rings. The summed E-state index contributed by atoms with van der Waals surface area (Å²) in [6.07, 6.45) is 30.0. The third-order valence-electron chi connectivity index (χ3n) is 8.67. The maximum absolute atomic E-state index is 12.1. The van der Waals surface area contributed by atoms with Gasteiger partial charge in [0.15, 0.2) is 0 Å². The first-order valence-electron chi connectivity index (χ1n) is 21.4. The summed E-state index contributed by atoms with van der Waals surface area (Å²) < 4.78 is 52.8. The van der Waals surface area contributed by atoms with E-state index in [0.29, 0.717) is 12.8 Å². The Bertz CT molecular complexity index is 1200. The molecule has 58 heavy (non-hydrogen) atoms. The SMILES string of the molecule is CC/C=C/C=C/C=C\CCCCCCCC(=O)OCC(O)COP(=O)(O)OCC(O)COP(=O)(O)OCC(O)COC(=O)CCCCCCCCCCCCCCC. The Morgan fingerprint density at radius 3 is 1.17 bits per heavy atom. The summed E-state index contributed by atoms with van der Waals surface area (Å²) in [6.45, 7) is 0.243. The molecule has 0 aliphatic carbocycles. The molecule has 15 nitrogen and oxygen atoms in total. The van der Waals surface area contributed by atoms with Gasteiger partial charge in [-0.2, -0.15) is 0 Å². The molecule has 0 saturated carbocycles. The third kappa shape index (κ3) is 39.7. The smallest absolute Gasteiger partial charge is 0.463 e. The zero-order valence-corrected chi connectivity index (χ0v) is 37.0. The van der Waals surface area contributed by atoms with Gasteiger partial charge in [0.2, 0.25) is 0 Å². The standard InChI is InChI=1S/C41H76O15P2/c1-3-5-7-9-11-13-15-17-19-21-23-25-27-29-40(45)51-31-37(42)33-53-57(47,48)55-35-39(44)36-56-58(49,50)54-34-38(43)32-52-41(46)30-28-26-24-22-20-18-16-14-12-10-8-6-4-2/h5,7,9,11,13,15,37-39,42-44H,3-4,6,8,10,12,14,16-36H2,1-2H3,(H,47,48)(H,49,50)/b7-5+,11-9+,15-13-. The van der Waals surface area contributed by atoms with Crippen molar-refractivity contribution in [2.45, 2.75) is 173 Å². The van der Waals surface area contributed by atoms with Crippen molar-refractivity contribution in [2.75, 3.05) is 39.6 Å². The zero-order valence-electron chi connectivity index (χ0n) is 35.2. The minimum atomic E-state index is -4.78. The normalized spacial score (nSPS) is 15.8. The molecule has 0 aliphatic heterocycles. The number of aliphatic hydroxyl groups excluding tert-OH is 3. The molecule has 5 N–H and O–H groups in total. The van der Waals surface area contributed by atoms with Gasteiger partial charge in [0.05, 0.1) is 26.4 Å². The number of rotatable bonds is 41. The van der Waals surface area contributed by atoms with Gasteiger partial charge in [0.1, 0.15) is 31.5 Å². The van der Waals surface area contributed by atoms with Gasteiger partial charge in [0.25, 0.3) is 0 Å². The Morgan fingerprint density at radius 1 is 0.466 bits per heavy atom. The van der Waals surface area contributed by atoms with Gasteiger partial charge in [-0.15, -0.1) is 0 Å². The number of carbonyl (C=O) groups is 2. The highest BCUT2D eigenvalue weighted by atomic mass is 31.2. The summed E-state index contributed by atoms with van der Waals surface area (Å²) in [6, 6.07) is 0. The Morgan fingerprint density at radius 2 is 0.793 bits per heavy atom. The molecule has 0 rings (SSSR count). The van der Waals surface area contributed by atoms with Crippen molar-refractivity contribution in [2.24, 2.45) is 0 Å². The highest BCUT2D eigenvalue weighted by Gasteiger charge is 2.28. The van der Waals surface area contributed by atoms with E-state index >= 15 is 0 Å². The Balaban J connectivity index is 3.95. The molecule has 340 valence electrons. The largest absolute Gasteiger partial charge is 0.472 e. The van der Waals surface area contributed by atoms with E-state index in [9.17, 15) is 43.8 Å². The number of esters is 2. The van der Waals surface area contributed by atoms with Crippen LogP contribution in [0.3, 0.4) is 0 Å². The van der Waals surface area contributed by atoms with Crippen LogP contribution in [0, 0.1) is 0 Å². The monoisotopic (exact) mass is 870 g/mol. The summed E-state index contributed by atoms with van der Waals surface area (Å²) in [7, 11) is -9.56.